The topological polar surface area (TPSA) is 88.1 Å². The number of aromatic nitrogens is 3. The monoisotopic (exact) mass is 395 g/mol. The molecule has 2 aliphatic rings. The third-order valence-electron chi connectivity index (χ3n) is 4.88. The molecular weight excluding hydrogens is 382 g/mol. The lowest BCUT2D eigenvalue weighted by atomic mass is 9.72. The summed E-state index contributed by atoms with van der Waals surface area (Å²) in [6, 6.07) is 1.48. The fraction of sp³-hybridized carbons (Fsp3) is 0.353. The minimum Gasteiger partial charge on any atom is -0.326 e. The second-order valence-electron chi connectivity index (χ2n) is 6.58. The molecule has 0 saturated heterocycles. The molecule has 4 rings (SSSR count). The zero-order valence-electron chi connectivity index (χ0n) is 14.2. The van der Waals surface area contributed by atoms with E-state index in [0.717, 1.165) is 24.5 Å². The van der Waals surface area contributed by atoms with E-state index in [1.807, 2.05) is 0 Å². The zero-order chi connectivity index (χ0) is 20.1. The molecule has 2 atom stereocenters. The van der Waals surface area contributed by atoms with Gasteiger partial charge < -0.3 is 4.90 Å². The van der Waals surface area contributed by atoms with Gasteiger partial charge in [-0.15, -0.1) is 0 Å². The van der Waals surface area contributed by atoms with Crippen LogP contribution in [0.25, 0.3) is 0 Å². The van der Waals surface area contributed by atoms with Crippen molar-refractivity contribution >= 4 is 17.8 Å². The van der Waals surface area contributed by atoms with Gasteiger partial charge in [0.15, 0.2) is 5.82 Å². The summed E-state index contributed by atoms with van der Waals surface area (Å²) in [5.74, 6) is -2.26. The van der Waals surface area contributed by atoms with Crippen molar-refractivity contribution in [3.05, 3.63) is 47.3 Å². The highest BCUT2D eigenvalue weighted by Crippen LogP contribution is 2.45. The number of carbonyl (C=O) groups is 2. The summed E-state index contributed by atoms with van der Waals surface area (Å²) in [6.45, 7) is -0.318. The second-order valence-corrected chi connectivity index (χ2v) is 6.58. The molecule has 1 aliphatic heterocycles. The van der Waals surface area contributed by atoms with Gasteiger partial charge in [0.25, 0.3) is 5.91 Å². The normalized spacial score (nSPS) is 20.9. The van der Waals surface area contributed by atoms with E-state index in [-0.39, 0.29) is 29.7 Å². The zero-order valence-corrected chi connectivity index (χ0v) is 14.2. The molecule has 0 aromatic carbocycles. The Morgan fingerprint density at radius 2 is 1.93 bits per heavy atom. The number of pyridine rings is 1. The number of halogens is 4. The van der Waals surface area contributed by atoms with E-state index in [2.05, 4.69) is 20.3 Å². The fourth-order valence-corrected chi connectivity index (χ4v) is 3.46. The number of hydrogen-bond donors (Lipinski definition) is 1. The van der Waals surface area contributed by atoms with Gasteiger partial charge in [-0.1, -0.05) is 0 Å². The highest BCUT2D eigenvalue weighted by molar-refractivity contribution is 6.01. The Labute approximate surface area is 155 Å². The Bertz CT molecular complexity index is 948. The van der Waals surface area contributed by atoms with Crippen LogP contribution in [0.4, 0.5) is 23.5 Å². The maximum Gasteiger partial charge on any atom is 0.433 e. The Morgan fingerprint density at radius 1 is 1.21 bits per heavy atom. The van der Waals surface area contributed by atoms with E-state index in [0.29, 0.717) is 12.8 Å². The first kappa shape index (κ1) is 18.3. The van der Waals surface area contributed by atoms with Crippen LogP contribution in [0, 0.1) is 5.82 Å². The SMILES string of the molecule is O=C(CN1C(=O)c2ccc(C(F)(F)F)nc2[C@@H]2CC[C@@H]21)Nc1ncc(F)cn1. The number of nitrogens with one attached hydrogen (secondary N) is 1. The summed E-state index contributed by atoms with van der Waals surface area (Å²) in [7, 11) is 0. The predicted molar refractivity (Wildman–Crippen MR) is 86.7 cm³/mol. The molecule has 2 amide bonds. The summed E-state index contributed by atoms with van der Waals surface area (Å²) in [5.41, 5.74) is -0.835. The number of rotatable bonds is 3. The van der Waals surface area contributed by atoms with E-state index < -0.39 is 35.5 Å². The molecule has 0 spiro atoms. The smallest absolute Gasteiger partial charge is 0.326 e. The Morgan fingerprint density at radius 3 is 2.54 bits per heavy atom. The number of hydrogen-bond acceptors (Lipinski definition) is 5. The predicted octanol–water partition coefficient (Wildman–Crippen LogP) is 2.37. The quantitative estimate of drug-likeness (QED) is 0.807. The number of fused-ring (bicyclic) bond motifs is 3. The lowest BCUT2D eigenvalue weighted by molar-refractivity contribution is -0.141. The van der Waals surface area contributed by atoms with Gasteiger partial charge in [-0.25, -0.2) is 19.3 Å². The minimum atomic E-state index is -4.59. The Hall–Kier alpha value is -3.11. The van der Waals surface area contributed by atoms with Gasteiger partial charge in [-0.3, -0.25) is 14.9 Å². The van der Waals surface area contributed by atoms with Crippen molar-refractivity contribution in [2.75, 3.05) is 11.9 Å². The average molecular weight is 395 g/mol. The summed E-state index contributed by atoms with van der Waals surface area (Å²) in [5, 5.41) is 2.36. The molecule has 7 nitrogen and oxygen atoms in total. The van der Waals surface area contributed by atoms with Crippen molar-refractivity contribution in [3.8, 4) is 0 Å². The molecule has 28 heavy (non-hydrogen) atoms. The van der Waals surface area contributed by atoms with Crippen LogP contribution in [0.15, 0.2) is 24.5 Å². The average Bonchev–Trinajstić information content (AvgIpc) is 2.60. The van der Waals surface area contributed by atoms with Gasteiger partial charge >= 0.3 is 6.18 Å². The van der Waals surface area contributed by atoms with Gasteiger partial charge in [0.2, 0.25) is 11.9 Å². The first-order valence-corrected chi connectivity index (χ1v) is 8.40. The van der Waals surface area contributed by atoms with E-state index in [1.165, 1.54) is 4.90 Å². The van der Waals surface area contributed by atoms with Crippen molar-refractivity contribution in [2.24, 2.45) is 0 Å². The van der Waals surface area contributed by atoms with Gasteiger partial charge in [0.1, 0.15) is 12.2 Å². The van der Waals surface area contributed by atoms with Crippen LogP contribution in [0.3, 0.4) is 0 Å². The fourth-order valence-electron chi connectivity index (χ4n) is 3.46. The van der Waals surface area contributed by atoms with Crippen LogP contribution in [-0.4, -0.2) is 44.3 Å². The second kappa shape index (κ2) is 6.50. The first-order chi connectivity index (χ1) is 13.2. The highest BCUT2D eigenvalue weighted by Gasteiger charge is 2.47. The molecule has 11 heteroatoms. The maximum absolute atomic E-state index is 12.9. The standard InChI is InChI=1S/C17H13F4N5O2/c18-8-5-22-16(23-6-8)25-13(27)7-26-11-3-1-9(11)14-10(15(26)28)2-4-12(24-14)17(19,20)21/h2,4-6,9,11H,1,3,7H2,(H,22,23,25,27)/t9-,11+/m1/s1. The number of alkyl halides is 3. The third-order valence-corrected chi connectivity index (χ3v) is 4.88. The van der Waals surface area contributed by atoms with Crippen molar-refractivity contribution < 1.29 is 27.2 Å². The molecule has 1 saturated carbocycles. The number of amides is 2. The molecule has 3 heterocycles. The lowest BCUT2D eigenvalue weighted by Crippen LogP contribution is -2.55. The van der Waals surface area contributed by atoms with Crippen LogP contribution >= 0.6 is 0 Å². The van der Waals surface area contributed by atoms with Crippen LogP contribution in [0.5, 0.6) is 0 Å². The summed E-state index contributed by atoms with van der Waals surface area (Å²) in [4.78, 5) is 37.2. The number of nitrogens with zero attached hydrogens (tertiary/aromatic N) is 4. The molecule has 1 aliphatic carbocycles. The van der Waals surface area contributed by atoms with Gasteiger partial charge in [-0.05, 0) is 25.0 Å². The molecule has 1 N–H and O–H groups in total. The van der Waals surface area contributed by atoms with E-state index in [4.69, 9.17) is 0 Å². The van der Waals surface area contributed by atoms with Crippen molar-refractivity contribution in [1.82, 2.24) is 19.9 Å². The number of anilines is 1. The van der Waals surface area contributed by atoms with Gasteiger partial charge in [0, 0.05) is 12.0 Å². The van der Waals surface area contributed by atoms with Gasteiger partial charge in [0.05, 0.1) is 23.7 Å². The van der Waals surface area contributed by atoms with Crippen molar-refractivity contribution in [2.45, 2.75) is 31.0 Å². The largest absolute Gasteiger partial charge is 0.433 e. The van der Waals surface area contributed by atoms with Gasteiger partial charge in [-0.2, -0.15) is 13.2 Å². The molecule has 1 fully saturated rings. The number of carbonyl (C=O) groups excluding carboxylic acids is 2. The highest BCUT2D eigenvalue weighted by atomic mass is 19.4. The van der Waals surface area contributed by atoms with E-state index in [1.54, 1.807) is 0 Å². The van der Waals surface area contributed by atoms with E-state index >= 15 is 0 Å². The molecule has 0 bridgehead atoms. The van der Waals surface area contributed by atoms with Crippen LogP contribution in [0.1, 0.15) is 40.5 Å². The molecule has 0 unspecified atom stereocenters. The third kappa shape index (κ3) is 3.16. The molecule has 146 valence electrons. The molecule has 0 radical (unpaired) electrons. The van der Waals surface area contributed by atoms with Crippen LogP contribution in [0.2, 0.25) is 0 Å². The lowest BCUT2D eigenvalue weighted by Gasteiger charge is -2.47. The minimum absolute atomic E-state index is 0.0692. The van der Waals surface area contributed by atoms with Crippen molar-refractivity contribution in [1.29, 1.82) is 0 Å². The van der Waals surface area contributed by atoms with Crippen LogP contribution in [-0.2, 0) is 11.0 Å². The summed E-state index contributed by atoms with van der Waals surface area (Å²) in [6.07, 6.45) is -1.68. The molecule has 2 aromatic rings. The summed E-state index contributed by atoms with van der Waals surface area (Å²) < 4.78 is 51.6. The maximum atomic E-state index is 12.9. The Balaban J connectivity index is 1.55. The van der Waals surface area contributed by atoms with Crippen LogP contribution < -0.4 is 5.32 Å². The van der Waals surface area contributed by atoms with Crippen molar-refractivity contribution in [3.63, 3.8) is 0 Å². The molecule has 2 aromatic heterocycles. The Kier molecular flexibility index (Phi) is 4.24. The summed E-state index contributed by atoms with van der Waals surface area (Å²) >= 11 is 0. The molecular formula is C17H13F4N5O2. The first-order valence-electron chi connectivity index (χ1n) is 8.40. The van der Waals surface area contributed by atoms with E-state index in [9.17, 15) is 27.2 Å².